The van der Waals surface area contributed by atoms with Gasteiger partial charge in [0.1, 0.15) is 6.61 Å². The van der Waals surface area contributed by atoms with Crippen LogP contribution in [0.25, 0.3) is 6.08 Å². The average Bonchev–Trinajstić information content (AvgIpc) is 2.05. The molecule has 0 unspecified atom stereocenters. The highest BCUT2D eigenvalue weighted by Gasteiger charge is 1.89. The van der Waals surface area contributed by atoms with Crippen LogP contribution >= 0.6 is 0 Å². The lowest BCUT2D eigenvalue weighted by atomic mass is 10.1. The van der Waals surface area contributed by atoms with Crippen molar-refractivity contribution in [1.82, 2.24) is 0 Å². The number of benzene rings is 1. The molecule has 0 bridgehead atoms. The van der Waals surface area contributed by atoms with Crippen LogP contribution in [0.15, 0.2) is 30.8 Å². The second-order valence-electron chi connectivity index (χ2n) is 2.09. The van der Waals surface area contributed by atoms with Crippen LogP contribution in [-0.2, 0) is 11.7 Å². The molecule has 0 aliphatic carbocycles. The summed E-state index contributed by atoms with van der Waals surface area (Å²) < 4.78 is 0. The molecule has 10 heavy (non-hydrogen) atoms. The van der Waals surface area contributed by atoms with Crippen molar-refractivity contribution in [2.24, 2.45) is 0 Å². The summed E-state index contributed by atoms with van der Waals surface area (Å²) in [6, 6.07) is 7.45. The van der Waals surface area contributed by atoms with Gasteiger partial charge in [-0.3, -0.25) is 0 Å². The number of rotatable bonds is 2. The van der Waals surface area contributed by atoms with Crippen LogP contribution < -0.4 is 0 Å². The molecule has 1 rings (SSSR count). The molecule has 0 spiro atoms. The van der Waals surface area contributed by atoms with E-state index in [0.29, 0.717) is 0 Å². The molecule has 0 N–H and O–H groups in total. The Morgan fingerprint density at radius 1 is 1.50 bits per heavy atom. The van der Waals surface area contributed by atoms with Gasteiger partial charge in [0.25, 0.3) is 0 Å². The predicted octanol–water partition coefficient (Wildman–Crippen LogP) is 2.26. The Hall–Kier alpha value is -1.08. The normalized spacial score (nSPS) is 9.30. The van der Waals surface area contributed by atoms with Crippen LogP contribution in [0.3, 0.4) is 0 Å². The summed E-state index contributed by atoms with van der Waals surface area (Å²) in [5, 5.41) is 10.4. The first-order valence-electron chi connectivity index (χ1n) is 3.16. The Kier molecular flexibility index (Phi) is 2.24. The number of hydrogen-bond acceptors (Lipinski definition) is 0. The van der Waals surface area contributed by atoms with Crippen LogP contribution in [0.4, 0.5) is 0 Å². The lowest BCUT2D eigenvalue weighted by Gasteiger charge is -1.94. The largest absolute Gasteiger partial charge is 0.232 e. The Morgan fingerprint density at radius 3 is 2.90 bits per heavy atom. The van der Waals surface area contributed by atoms with Gasteiger partial charge in [0.05, 0.1) is 0 Å². The van der Waals surface area contributed by atoms with Gasteiger partial charge < -0.3 is 0 Å². The third-order valence-electron chi connectivity index (χ3n) is 1.35. The van der Waals surface area contributed by atoms with Gasteiger partial charge in [-0.2, -0.15) is 0 Å². The molecular weight excluding hydrogens is 124 g/mol. The van der Waals surface area contributed by atoms with Gasteiger partial charge in [-0.15, -0.1) is 0 Å². The molecule has 1 aromatic rings. The van der Waals surface area contributed by atoms with Crippen LogP contribution in [0.5, 0.6) is 0 Å². The maximum Gasteiger partial charge on any atom is 0.107 e. The van der Waals surface area contributed by atoms with E-state index in [4.69, 9.17) is 0 Å². The van der Waals surface area contributed by atoms with Gasteiger partial charge in [-0.05, 0) is 17.2 Å². The lowest BCUT2D eigenvalue weighted by Crippen LogP contribution is -1.80. The fraction of sp³-hybridized carbons (Fsp3) is 0.111. The highest BCUT2D eigenvalue weighted by molar-refractivity contribution is 5.47. The summed E-state index contributed by atoms with van der Waals surface area (Å²) in [5.41, 5.74) is 1.82. The summed E-state index contributed by atoms with van der Waals surface area (Å²) in [6.45, 7) is 3.45. The van der Waals surface area contributed by atoms with Crippen LogP contribution in [0.2, 0.25) is 0 Å². The molecule has 0 fully saturated rings. The van der Waals surface area contributed by atoms with Crippen LogP contribution in [0.1, 0.15) is 11.1 Å². The van der Waals surface area contributed by atoms with E-state index in [2.05, 4.69) is 6.58 Å². The Labute approximate surface area is 60.6 Å². The average molecular weight is 133 g/mol. The molecule has 0 aliphatic rings. The topological polar surface area (TPSA) is 19.9 Å². The fourth-order valence-electron chi connectivity index (χ4n) is 0.810. The first kappa shape index (κ1) is 7.03. The van der Waals surface area contributed by atoms with Crippen molar-refractivity contribution in [2.45, 2.75) is 6.61 Å². The van der Waals surface area contributed by atoms with Crippen LogP contribution in [-0.4, -0.2) is 0 Å². The summed E-state index contributed by atoms with van der Waals surface area (Å²) in [6.07, 6.45) is 1.74. The molecule has 1 aromatic carbocycles. The second kappa shape index (κ2) is 3.18. The van der Waals surface area contributed by atoms with E-state index >= 15 is 0 Å². The van der Waals surface area contributed by atoms with Crippen molar-refractivity contribution in [3.63, 3.8) is 0 Å². The van der Waals surface area contributed by atoms with E-state index in [1.165, 1.54) is 0 Å². The fourth-order valence-corrected chi connectivity index (χ4v) is 0.810. The quantitative estimate of drug-likeness (QED) is 0.589. The van der Waals surface area contributed by atoms with Gasteiger partial charge in [0, 0.05) is 0 Å². The molecule has 0 aliphatic heterocycles. The van der Waals surface area contributed by atoms with Crippen molar-refractivity contribution >= 4 is 6.08 Å². The van der Waals surface area contributed by atoms with E-state index in [1.807, 2.05) is 24.3 Å². The minimum Gasteiger partial charge on any atom is -0.232 e. The van der Waals surface area contributed by atoms with E-state index in [-0.39, 0.29) is 6.61 Å². The van der Waals surface area contributed by atoms with E-state index in [9.17, 15) is 5.11 Å². The van der Waals surface area contributed by atoms with Gasteiger partial charge >= 0.3 is 0 Å². The van der Waals surface area contributed by atoms with E-state index < -0.39 is 0 Å². The van der Waals surface area contributed by atoms with Crippen molar-refractivity contribution in [1.29, 1.82) is 0 Å². The van der Waals surface area contributed by atoms with Gasteiger partial charge in [0.15, 0.2) is 0 Å². The molecule has 0 aromatic heterocycles. The van der Waals surface area contributed by atoms with Crippen molar-refractivity contribution in [3.8, 4) is 0 Å². The van der Waals surface area contributed by atoms with Crippen molar-refractivity contribution < 1.29 is 5.11 Å². The molecule has 1 nitrogen and oxygen atoms in total. The highest BCUT2D eigenvalue weighted by Crippen LogP contribution is 2.05. The predicted molar refractivity (Wildman–Crippen MR) is 40.9 cm³/mol. The first-order chi connectivity index (χ1) is 4.86. The molecular formula is C9H9O. The summed E-state index contributed by atoms with van der Waals surface area (Å²) in [7, 11) is 0. The third-order valence-corrected chi connectivity index (χ3v) is 1.35. The molecule has 0 heterocycles. The molecule has 0 amide bonds. The third kappa shape index (κ3) is 1.45. The molecule has 0 saturated heterocycles. The van der Waals surface area contributed by atoms with Crippen molar-refractivity contribution in [3.05, 3.63) is 42.0 Å². The Bertz CT molecular complexity index is 228. The minimum atomic E-state index is -0.151. The molecule has 0 saturated carbocycles. The summed E-state index contributed by atoms with van der Waals surface area (Å²) >= 11 is 0. The molecule has 51 valence electrons. The van der Waals surface area contributed by atoms with E-state index in [1.54, 1.807) is 6.08 Å². The zero-order chi connectivity index (χ0) is 7.40. The molecule has 1 heteroatoms. The number of hydrogen-bond donors (Lipinski definition) is 0. The standard InChI is InChI=1S/C9H9O/c1-2-8-4-3-5-9(6-8)7-10/h2-6H,1,7H2. The molecule has 1 radical (unpaired) electrons. The molecule has 0 atom stereocenters. The van der Waals surface area contributed by atoms with Crippen molar-refractivity contribution in [2.75, 3.05) is 0 Å². The Balaban J connectivity index is 2.98. The second-order valence-corrected chi connectivity index (χ2v) is 2.09. The Morgan fingerprint density at radius 2 is 2.30 bits per heavy atom. The lowest BCUT2D eigenvalue weighted by molar-refractivity contribution is 0.177. The smallest absolute Gasteiger partial charge is 0.107 e. The minimum absolute atomic E-state index is 0.151. The van der Waals surface area contributed by atoms with Gasteiger partial charge in [-0.25, -0.2) is 5.11 Å². The zero-order valence-corrected chi connectivity index (χ0v) is 5.71. The van der Waals surface area contributed by atoms with Gasteiger partial charge in [0.2, 0.25) is 0 Å². The van der Waals surface area contributed by atoms with E-state index in [0.717, 1.165) is 11.1 Å². The van der Waals surface area contributed by atoms with Gasteiger partial charge in [-0.1, -0.05) is 30.9 Å². The summed E-state index contributed by atoms with van der Waals surface area (Å²) in [5.74, 6) is 0. The maximum absolute atomic E-state index is 10.4. The first-order valence-corrected chi connectivity index (χ1v) is 3.16. The van der Waals surface area contributed by atoms with Crippen LogP contribution in [0, 0.1) is 0 Å². The maximum atomic E-state index is 10.4. The highest BCUT2D eigenvalue weighted by atomic mass is 16.3. The zero-order valence-electron chi connectivity index (χ0n) is 5.71. The summed E-state index contributed by atoms with van der Waals surface area (Å²) in [4.78, 5) is 0. The SMILES string of the molecule is C=Cc1cccc(C[O])c1. The monoisotopic (exact) mass is 133 g/mol.